The van der Waals surface area contributed by atoms with Gasteiger partial charge in [0.2, 0.25) is 5.91 Å². The van der Waals surface area contributed by atoms with Crippen molar-refractivity contribution in [1.29, 1.82) is 0 Å². The third kappa shape index (κ3) is 3.33. The second-order valence-electron chi connectivity index (χ2n) is 5.57. The van der Waals surface area contributed by atoms with Gasteiger partial charge in [0.1, 0.15) is 0 Å². The fourth-order valence-electron chi connectivity index (χ4n) is 2.75. The molecule has 1 aromatic heterocycles. The number of carbonyl (C=O) groups excluding carboxylic acids is 1. The number of fused-ring (bicyclic) bond motifs is 1. The van der Waals surface area contributed by atoms with E-state index < -0.39 is 0 Å². The number of amides is 1. The molecule has 5 nitrogen and oxygen atoms in total. The van der Waals surface area contributed by atoms with E-state index in [1.807, 2.05) is 18.2 Å². The maximum absolute atomic E-state index is 12.0. The van der Waals surface area contributed by atoms with Crippen molar-refractivity contribution in [2.45, 2.75) is 32.2 Å². The van der Waals surface area contributed by atoms with Gasteiger partial charge in [-0.2, -0.15) is 0 Å². The van der Waals surface area contributed by atoms with Crippen LogP contribution in [0.2, 0.25) is 0 Å². The van der Waals surface area contributed by atoms with Gasteiger partial charge in [0, 0.05) is 24.7 Å². The van der Waals surface area contributed by atoms with E-state index >= 15 is 0 Å². The van der Waals surface area contributed by atoms with E-state index in [9.17, 15) is 4.79 Å². The highest BCUT2D eigenvalue weighted by Crippen LogP contribution is 2.27. The summed E-state index contributed by atoms with van der Waals surface area (Å²) in [6, 6.07) is 6.18. The lowest BCUT2D eigenvalue weighted by molar-refractivity contribution is -0.116. The predicted molar refractivity (Wildman–Crippen MR) is 87.5 cm³/mol. The first kappa shape index (κ1) is 14.3. The number of likely N-dealkylation sites (tertiary alicyclic amines) is 1. The van der Waals surface area contributed by atoms with Crippen LogP contribution < -0.4 is 11.1 Å². The second-order valence-corrected chi connectivity index (χ2v) is 6.60. The molecule has 3 rings (SSSR count). The van der Waals surface area contributed by atoms with Gasteiger partial charge >= 0.3 is 0 Å². The molecule has 1 aliphatic rings. The average molecular weight is 304 g/mol. The summed E-state index contributed by atoms with van der Waals surface area (Å²) in [5, 5.41) is 3.54. The van der Waals surface area contributed by atoms with Crippen LogP contribution in [0, 0.1) is 0 Å². The molecule has 0 spiro atoms. The van der Waals surface area contributed by atoms with E-state index in [0.717, 1.165) is 23.3 Å². The molecule has 1 amide bonds. The number of aromatic nitrogens is 1. The number of benzene rings is 1. The predicted octanol–water partition coefficient (Wildman–Crippen LogP) is 2.69. The number of hydrogen-bond donors (Lipinski definition) is 2. The second kappa shape index (κ2) is 5.99. The molecule has 1 saturated heterocycles. The Morgan fingerprint density at radius 1 is 1.57 bits per heavy atom. The quantitative estimate of drug-likeness (QED) is 0.852. The Morgan fingerprint density at radius 2 is 2.43 bits per heavy atom. The Bertz CT molecular complexity index is 654. The van der Waals surface area contributed by atoms with Crippen LogP contribution in [0.5, 0.6) is 0 Å². The van der Waals surface area contributed by atoms with Crippen molar-refractivity contribution in [3.63, 3.8) is 0 Å². The molecular formula is C15H20N4OS. The zero-order valence-corrected chi connectivity index (χ0v) is 12.9. The van der Waals surface area contributed by atoms with Crippen LogP contribution in [0.3, 0.4) is 0 Å². The first-order valence-electron chi connectivity index (χ1n) is 7.32. The molecule has 1 aromatic carbocycles. The summed E-state index contributed by atoms with van der Waals surface area (Å²) in [6.07, 6.45) is 2.99. The number of nitrogens with two attached hydrogens (primary N) is 1. The topological polar surface area (TPSA) is 71.2 Å². The molecule has 1 aliphatic heterocycles. The maximum atomic E-state index is 12.0. The average Bonchev–Trinajstić information content (AvgIpc) is 3.01. The molecule has 2 aromatic rings. The fraction of sp³-hybridized carbons (Fsp3) is 0.467. The summed E-state index contributed by atoms with van der Waals surface area (Å²) in [5.41, 5.74) is 7.34. The molecule has 0 radical (unpaired) electrons. The van der Waals surface area contributed by atoms with Crippen molar-refractivity contribution in [3.8, 4) is 0 Å². The van der Waals surface area contributed by atoms with Crippen LogP contribution in [0.1, 0.15) is 26.2 Å². The Labute approximate surface area is 128 Å². The molecule has 6 heteroatoms. The molecular weight excluding hydrogens is 284 g/mol. The van der Waals surface area contributed by atoms with Gasteiger partial charge in [-0.1, -0.05) is 11.3 Å². The number of rotatable bonds is 4. The minimum atomic E-state index is 0.0288. The number of nitrogens with zero attached hydrogens (tertiary/aromatic N) is 2. The first-order chi connectivity index (χ1) is 10.1. The molecule has 21 heavy (non-hydrogen) atoms. The van der Waals surface area contributed by atoms with Crippen LogP contribution in [-0.2, 0) is 4.79 Å². The zero-order chi connectivity index (χ0) is 14.8. The van der Waals surface area contributed by atoms with Gasteiger partial charge in [-0.25, -0.2) is 4.98 Å². The molecule has 1 atom stereocenters. The highest BCUT2D eigenvalue weighted by Gasteiger charge is 2.20. The smallest absolute Gasteiger partial charge is 0.227 e. The van der Waals surface area contributed by atoms with E-state index in [1.165, 1.54) is 24.2 Å². The Morgan fingerprint density at radius 3 is 3.19 bits per heavy atom. The normalized spacial score (nSPS) is 19.2. The lowest BCUT2D eigenvalue weighted by Gasteiger charge is -2.20. The molecule has 2 heterocycles. The molecule has 1 unspecified atom stereocenters. The van der Waals surface area contributed by atoms with Crippen molar-refractivity contribution < 1.29 is 4.79 Å². The lowest BCUT2D eigenvalue weighted by atomic mass is 10.2. The van der Waals surface area contributed by atoms with Crippen molar-refractivity contribution in [1.82, 2.24) is 9.88 Å². The Balaban J connectivity index is 1.58. The largest absolute Gasteiger partial charge is 0.399 e. The fourth-order valence-corrected chi connectivity index (χ4v) is 3.68. The van der Waals surface area contributed by atoms with Gasteiger partial charge in [0.15, 0.2) is 5.13 Å². The number of anilines is 2. The van der Waals surface area contributed by atoms with E-state index in [4.69, 9.17) is 5.73 Å². The molecule has 0 bridgehead atoms. The number of carbonyl (C=O) groups is 1. The number of hydrogen-bond acceptors (Lipinski definition) is 5. The minimum absolute atomic E-state index is 0.0288. The van der Waals surface area contributed by atoms with Crippen LogP contribution in [0.15, 0.2) is 18.2 Å². The van der Waals surface area contributed by atoms with Gasteiger partial charge in [0.25, 0.3) is 0 Å². The van der Waals surface area contributed by atoms with Crippen molar-refractivity contribution in [3.05, 3.63) is 18.2 Å². The standard InChI is InChI=1S/C15H20N4OS/c1-10-3-2-7-19(10)8-6-14(20)18-15-17-12-5-4-11(16)9-13(12)21-15/h4-5,9-10H,2-3,6-8,16H2,1H3,(H,17,18,20). The molecule has 0 aliphatic carbocycles. The highest BCUT2D eigenvalue weighted by molar-refractivity contribution is 7.22. The number of nitrogens with one attached hydrogen (secondary N) is 1. The molecule has 0 saturated carbocycles. The minimum Gasteiger partial charge on any atom is -0.399 e. The highest BCUT2D eigenvalue weighted by atomic mass is 32.1. The van der Waals surface area contributed by atoms with Crippen molar-refractivity contribution in [2.75, 3.05) is 24.1 Å². The van der Waals surface area contributed by atoms with Crippen LogP contribution in [-0.4, -0.2) is 34.9 Å². The lowest BCUT2D eigenvalue weighted by Crippen LogP contribution is -2.30. The van der Waals surface area contributed by atoms with Gasteiger partial charge in [-0.05, 0) is 44.5 Å². The summed E-state index contributed by atoms with van der Waals surface area (Å²) in [7, 11) is 0. The summed E-state index contributed by atoms with van der Waals surface area (Å²) >= 11 is 1.46. The summed E-state index contributed by atoms with van der Waals surface area (Å²) in [4.78, 5) is 18.8. The Kier molecular flexibility index (Phi) is 4.07. The monoisotopic (exact) mass is 304 g/mol. The Hall–Kier alpha value is -1.66. The van der Waals surface area contributed by atoms with Crippen LogP contribution in [0.25, 0.3) is 10.2 Å². The summed E-state index contributed by atoms with van der Waals surface area (Å²) in [5.74, 6) is 0.0288. The van der Waals surface area contributed by atoms with E-state index in [1.54, 1.807) is 0 Å². The molecule has 1 fully saturated rings. The SMILES string of the molecule is CC1CCCN1CCC(=O)Nc1nc2ccc(N)cc2s1. The van der Waals surface area contributed by atoms with Gasteiger partial charge in [-0.15, -0.1) is 0 Å². The van der Waals surface area contributed by atoms with Gasteiger partial charge < -0.3 is 16.0 Å². The van der Waals surface area contributed by atoms with Gasteiger partial charge in [0.05, 0.1) is 10.2 Å². The maximum Gasteiger partial charge on any atom is 0.227 e. The van der Waals surface area contributed by atoms with E-state index in [2.05, 4.69) is 22.1 Å². The third-order valence-electron chi connectivity index (χ3n) is 3.98. The summed E-state index contributed by atoms with van der Waals surface area (Å²) < 4.78 is 0.999. The van der Waals surface area contributed by atoms with Crippen molar-refractivity contribution in [2.24, 2.45) is 0 Å². The van der Waals surface area contributed by atoms with E-state index in [-0.39, 0.29) is 5.91 Å². The van der Waals surface area contributed by atoms with Gasteiger partial charge in [-0.3, -0.25) is 4.79 Å². The summed E-state index contributed by atoms with van der Waals surface area (Å²) in [6.45, 7) is 4.16. The molecule has 3 N–H and O–H groups in total. The van der Waals surface area contributed by atoms with Crippen molar-refractivity contribution >= 4 is 38.3 Å². The number of nitrogen functional groups attached to an aromatic ring is 1. The van der Waals surface area contributed by atoms with Crippen LogP contribution in [0.4, 0.5) is 10.8 Å². The van der Waals surface area contributed by atoms with E-state index in [0.29, 0.717) is 23.3 Å². The molecule has 112 valence electrons. The zero-order valence-electron chi connectivity index (χ0n) is 12.1. The third-order valence-corrected chi connectivity index (χ3v) is 4.91. The number of thiazole rings is 1. The van der Waals surface area contributed by atoms with Crippen LogP contribution >= 0.6 is 11.3 Å². The first-order valence-corrected chi connectivity index (χ1v) is 8.13.